The van der Waals surface area contributed by atoms with Crippen molar-refractivity contribution in [2.24, 2.45) is 11.8 Å². The molecule has 3 aliphatic rings. The SMILES string of the molecule is CCCC[C@@H](O)/C=C/[C@H]1C(=O)C[C@@H](O)[C@@H]1C/C=C\CCCCC(=O)NCCCCCCNC(=O)CCCC[C@H]1SC[C@H]2NC(=O)N[C@@H]21. The van der Waals surface area contributed by atoms with Crippen LogP contribution in [0.3, 0.4) is 0 Å². The van der Waals surface area contributed by atoms with Crippen LogP contribution in [-0.2, 0) is 14.4 Å². The summed E-state index contributed by atoms with van der Waals surface area (Å²) >= 11 is 1.91. The van der Waals surface area contributed by atoms with Crippen LogP contribution in [0.1, 0.15) is 116 Å². The third-order valence-corrected chi connectivity index (χ3v) is 11.1. The number of amides is 4. The average Bonchev–Trinajstić information content (AvgIpc) is 3.68. The van der Waals surface area contributed by atoms with Crippen molar-refractivity contribution >= 4 is 35.4 Å². The van der Waals surface area contributed by atoms with Gasteiger partial charge in [0.1, 0.15) is 5.78 Å². The summed E-state index contributed by atoms with van der Waals surface area (Å²) in [6.07, 6.45) is 20.3. The second kappa shape index (κ2) is 22.3. The van der Waals surface area contributed by atoms with Crippen LogP contribution in [0.5, 0.6) is 0 Å². The summed E-state index contributed by atoms with van der Waals surface area (Å²) in [7, 11) is 0. The predicted octanol–water partition coefficient (Wildman–Crippen LogP) is 4.69. The minimum Gasteiger partial charge on any atom is -0.392 e. The Balaban J connectivity index is 1.10. The molecule has 47 heavy (non-hydrogen) atoms. The number of aliphatic hydroxyl groups excluding tert-OH is 2. The molecule has 11 heteroatoms. The van der Waals surface area contributed by atoms with Crippen molar-refractivity contribution in [3.63, 3.8) is 0 Å². The predicted molar refractivity (Wildman–Crippen MR) is 188 cm³/mol. The molecule has 1 aliphatic carbocycles. The quantitative estimate of drug-likeness (QED) is 0.0492. The Morgan fingerprint density at radius 3 is 2.34 bits per heavy atom. The van der Waals surface area contributed by atoms with Crippen molar-refractivity contribution in [2.75, 3.05) is 18.8 Å². The van der Waals surface area contributed by atoms with Crippen LogP contribution in [0, 0.1) is 11.8 Å². The van der Waals surface area contributed by atoms with E-state index in [4.69, 9.17) is 0 Å². The molecule has 0 aromatic rings. The molecule has 2 heterocycles. The summed E-state index contributed by atoms with van der Waals surface area (Å²) in [5, 5.41) is 32.9. The number of carbonyl (C=O) groups is 4. The molecule has 3 fully saturated rings. The van der Waals surface area contributed by atoms with Crippen LogP contribution in [0.4, 0.5) is 4.79 Å². The molecular formula is C36H60N4O6S. The highest BCUT2D eigenvalue weighted by Crippen LogP contribution is 2.34. The molecule has 0 radical (unpaired) electrons. The number of unbranched alkanes of at least 4 members (excludes halogenated alkanes) is 7. The number of thioether (sulfide) groups is 1. The first kappa shape index (κ1) is 39.1. The second-order valence-corrected chi connectivity index (χ2v) is 14.7. The van der Waals surface area contributed by atoms with Gasteiger partial charge >= 0.3 is 6.03 Å². The zero-order chi connectivity index (χ0) is 33.9. The molecule has 0 aromatic carbocycles. The largest absolute Gasteiger partial charge is 0.392 e. The molecule has 7 atom stereocenters. The van der Waals surface area contributed by atoms with E-state index in [1.54, 1.807) is 12.2 Å². The van der Waals surface area contributed by atoms with E-state index in [1.165, 1.54) is 0 Å². The van der Waals surface area contributed by atoms with E-state index < -0.39 is 12.2 Å². The van der Waals surface area contributed by atoms with Gasteiger partial charge in [-0.15, -0.1) is 0 Å². The molecule has 0 aromatic heterocycles. The fraction of sp³-hybridized carbons (Fsp3) is 0.778. The van der Waals surface area contributed by atoms with Crippen molar-refractivity contribution < 1.29 is 29.4 Å². The minimum atomic E-state index is -0.641. The van der Waals surface area contributed by atoms with Gasteiger partial charge in [-0.1, -0.05) is 63.3 Å². The van der Waals surface area contributed by atoms with Crippen LogP contribution in [0.2, 0.25) is 0 Å². The number of ketones is 1. The van der Waals surface area contributed by atoms with Gasteiger partial charge in [0.15, 0.2) is 0 Å². The number of fused-ring (bicyclic) bond motifs is 1. The second-order valence-electron chi connectivity index (χ2n) is 13.5. The van der Waals surface area contributed by atoms with Crippen molar-refractivity contribution in [1.82, 2.24) is 21.3 Å². The van der Waals surface area contributed by atoms with Gasteiger partial charge in [0.2, 0.25) is 11.8 Å². The van der Waals surface area contributed by atoms with Gasteiger partial charge < -0.3 is 31.5 Å². The zero-order valence-corrected chi connectivity index (χ0v) is 29.2. The van der Waals surface area contributed by atoms with E-state index in [-0.39, 0.29) is 54.0 Å². The van der Waals surface area contributed by atoms with Gasteiger partial charge in [0.25, 0.3) is 0 Å². The minimum absolute atomic E-state index is 0.0421. The molecule has 1 saturated carbocycles. The monoisotopic (exact) mass is 676 g/mol. The summed E-state index contributed by atoms with van der Waals surface area (Å²) in [6, 6.07) is 0.426. The maximum Gasteiger partial charge on any atom is 0.315 e. The van der Waals surface area contributed by atoms with Crippen LogP contribution in [-0.4, -0.2) is 82.2 Å². The lowest BCUT2D eigenvalue weighted by molar-refractivity contribution is -0.122. The Labute approximate surface area is 286 Å². The molecule has 0 unspecified atom stereocenters. The third-order valence-electron chi connectivity index (χ3n) is 9.56. The number of Topliss-reactive ketones (excluding diaryl/α,β-unsaturated/α-hetero) is 1. The molecule has 266 valence electrons. The number of urea groups is 1. The standard InChI is InChI=1S/C36H60N4O6S/c1-2-3-15-26(41)20-21-28-27(30(42)24-31(28)43)16-9-5-4-6-10-18-33(44)37-22-13-7-8-14-23-38-34(45)19-12-11-17-32-35-29(25-47-32)39-36(46)40-35/h5,9,20-21,26-30,32,35,41-42H,2-4,6-8,10-19,22-25H2,1H3,(H,37,44)(H,38,45)(H2,39,40,46)/b9-5-,21-20+/t26-,27-,28-,29-,30-,32-,35+/m1/s1. The van der Waals surface area contributed by atoms with Crippen molar-refractivity contribution in [3.8, 4) is 0 Å². The highest BCUT2D eigenvalue weighted by atomic mass is 32.2. The summed E-state index contributed by atoms with van der Waals surface area (Å²) in [5.41, 5.74) is 0. The van der Waals surface area contributed by atoms with Gasteiger partial charge in [0, 0.05) is 55.2 Å². The third kappa shape index (κ3) is 14.7. The first-order chi connectivity index (χ1) is 22.8. The fourth-order valence-electron chi connectivity index (χ4n) is 6.71. The van der Waals surface area contributed by atoms with E-state index in [1.807, 2.05) is 17.8 Å². The van der Waals surface area contributed by atoms with Crippen LogP contribution in [0.15, 0.2) is 24.3 Å². The Morgan fingerprint density at radius 2 is 1.64 bits per heavy atom. The maximum atomic E-state index is 12.4. The molecule has 0 bridgehead atoms. The summed E-state index contributed by atoms with van der Waals surface area (Å²) in [6.45, 7) is 3.45. The first-order valence-electron chi connectivity index (χ1n) is 18.2. The van der Waals surface area contributed by atoms with E-state index in [0.29, 0.717) is 44.0 Å². The molecule has 6 N–H and O–H groups in total. The van der Waals surface area contributed by atoms with E-state index in [0.717, 1.165) is 82.8 Å². The topological polar surface area (TPSA) is 157 Å². The number of rotatable bonds is 24. The molecule has 3 rings (SSSR count). The Bertz CT molecular complexity index is 1040. The van der Waals surface area contributed by atoms with Crippen LogP contribution in [0.25, 0.3) is 0 Å². The van der Waals surface area contributed by atoms with Crippen molar-refractivity contribution in [2.45, 2.75) is 146 Å². The summed E-state index contributed by atoms with van der Waals surface area (Å²) in [4.78, 5) is 48.1. The molecular weight excluding hydrogens is 616 g/mol. The number of hydrogen-bond acceptors (Lipinski definition) is 7. The first-order valence-corrected chi connectivity index (χ1v) is 19.3. The molecule has 4 amide bonds. The number of hydrogen-bond donors (Lipinski definition) is 6. The number of allylic oxidation sites excluding steroid dienone is 3. The Kier molecular flexibility index (Phi) is 18.5. The summed E-state index contributed by atoms with van der Waals surface area (Å²) < 4.78 is 0. The fourth-order valence-corrected chi connectivity index (χ4v) is 8.26. The number of carbonyl (C=O) groups excluding carboxylic acids is 4. The van der Waals surface area contributed by atoms with Gasteiger partial charge in [-0.3, -0.25) is 14.4 Å². The maximum absolute atomic E-state index is 12.4. The van der Waals surface area contributed by atoms with E-state index >= 15 is 0 Å². The van der Waals surface area contributed by atoms with Crippen LogP contribution < -0.4 is 21.3 Å². The lowest BCUT2D eigenvalue weighted by atomic mass is 9.90. The normalized spacial score (nSPS) is 26.1. The lowest BCUT2D eigenvalue weighted by Crippen LogP contribution is -2.36. The van der Waals surface area contributed by atoms with Gasteiger partial charge in [0.05, 0.1) is 24.3 Å². The van der Waals surface area contributed by atoms with Gasteiger partial charge in [-0.25, -0.2) is 4.79 Å². The van der Waals surface area contributed by atoms with Crippen LogP contribution >= 0.6 is 11.8 Å². The number of aliphatic hydroxyl groups is 2. The molecule has 0 spiro atoms. The Morgan fingerprint density at radius 1 is 0.936 bits per heavy atom. The smallest absolute Gasteiger partial charge is 0.315 e. The van der Waals surface area contributed by atoms with E-state index in [9.17, 15) is 29.4 Å². The molecule has 2 aliphatic heterocycles. The Hall–Kier alpha value is -2.37. The molecule has 10 nitrogen and oxygen atoms in total. The highest BCUT2D eigenvalue weighted by molar-refractivity contribution is 8.00. The van der Waals surface area contributed by atoms with Gasteiger partial charge in [-0.2, -0.15) is 11.8 Å². The van der Waals surface area contributed by atoms with Gasteiger partial charge in [-0.05, 0) is 57.8 Å². The van der Waals surface area contributed by atoms with Crippen molar-refractivity contribution in [3.05, 3.63) is 24.3 Å². The summed E-state index contributed by atoms with van der Waals surface area (Å²) in [5.74, 6) is 0.717. The zero-order valence-electron chi connectivity index (χ0n) is 28.4. The molecule has 2 saturated heterocycles. The number of nitrogens with one attached hydrogen (secondary N) is 4. The lowest BCUT2D eigenvalue weighted by Gasteiger charge is -2.17. The average molecular weight is 677 g/mol. The highest BCUT2D eigenvalue weighted by Gasteiger charge is 2.42. The van der Waals surface area contributed by atoms with Crippen molar-refractivity contribution in [1.29, 1.82) is 0 Å². The van der Waals surface area contributed by atoms with E-state index in [2.05, 4.69) is 34.3 Å².